The lowest BCUT2D eigenvalue weighted by Gasteiger charge is -2.26. The number of rotatable bonds is 10. The highest BCUT2D eigenvalue weighted by Gasteiger charge is 2.32. The van der Waals surface area contributed by atoms with Gasteiger partial charge in [0, 0.05) is 0 Å². The van der Waals surface area contributed by atoms with Gasteiger partial charge in [-0.15, -0.1) is 0 Å². The van der Waals surface area contributed by atoms with E-state index in [1.165, 1.54) is 19.3 Å². The highest BCUT2D eigenvalue weighted by atomic mass is 16.7. The van der Waals surface area contributed by atoms with Crippen LogP contribution in [0.2, 0.25) is 0 Å². The van der Waals surface area contributed by atoms with Crippen molar-refractivity contribution in [2.24, 2.45) is 0 Å². The van der Waals surface area contributed by atoms with Gasteiger partial charge in [0.1, 0.15) is 34.5 Å². The van der Waals surface area contributed by atoms with Gasteiger partial charge < -0.3 is 28.2 Å². The molecule has 0 heterocycles. The van der Waals surface area contributed by atoms with Crippen LogP contribution >= 0.6 is 0 Å². The molecule has 0 saturated heterocycles. The van der Waals surface area contributed by atoms with Gasteiger partial charge in [-0.1, -0.05) is 19.3 Å². The first kappa shape index (κ1) is 23.7. The van der Waals surface area contributed by atoms with Gasteiger partial charge in [0.2, 0.25) is 0 Å². The van der Waals surface area contributed by atoms with Crippen molar-refractivity contribution in [2.75, 3.05) is 21.3 Å². The maximum atomic E-state index is 6.36. The van der Waals surface area contributed by atoms with E-state index < -0.39 is 7.32 Å². The quantitative estimate of drug-likeness (QED) is 0.331. The summed E-state index contributed by atoms with van der Waals surface area (Å²) in [6.07, 6.45) is 5.98. The van der Waals surface area contributed by atoms with Crippen LogP contribution in [-0.2, 0) is 0 Å². The van der Waals surface area contributed by atoms with E-state index in [9.17, 15) is 0 Å². The lowest BCUT2D eigenvalue weighted by atomic mass is 9.83. The molecule has 1 aliphatic rings. The van der Waals surface area contributed by atoms with Gasteiger partial charge in [0.05, 0.1) is 21.3 Å². The molecule has 0 N–H and O–H groups in total. The number of methoxy groups -OCH3 is 3. The lowest BCUT2D eigenvalue weighted by molar-refractivity contribution is 0.302. The van der Waals surface area contributed by atoms with Gasteiger partial charge in [0.25, 0.3) is 0 Å². The normalized spacial score (nSPS) is 13.6. The Labute approximate surface area is 201 Å². The molecule has 6 nitrogen and oxygen atoms in total. The summed E-state index contributed by atoms with van der Waals surface area (Å²) < 4.78 is 34.6. The molecule has 0 atom stereocenters. The average molecular weight is 462 g/mol. The van der Waals surface area contributed by atoms with E-state index in [2.05, 4.69) is 6.07 Å². The molecule has 0 spiro atoms. The molecule has 0 amide bonds. The zero-order chi connectivity index (χ0) is 23.8. The average Bonchev–Trinajstić information content (AvgIpc) is 2.90. The van der Waals surface area contributed by atoms with Crippen molar-refractivity contribution in [3.05, 3.63) is 72.3 Å². The van der Waals surface area contributed by atoms with Crippen molar-refractivity contribution < 1.29 is 28.2 Å². The Bertz CT molecular complexity index is 982. The summed E-state index contributed by atoms with van der Waals surface area (Å²) in [5, 5.41) is 0. The van der Waals surface area contributed by atoms with Crippen molar-refractivity contribution in [2.45, 2.75) is 38.0 Å². The van der Waals surface area contributed by atoms with Gasteiger partial charge in [-0.3, -0.25) is 0 Å². The van der Waals surface area contributed by atoms with Crippen LogP contribution in [0.5, 0.6) is 34.5 Å². The van der Waals surface area contributed by atoms with E-state index in [0.717, 1.165) is 41.4 Å². The van der Waals surface area contributed by atoms with Crippen LogP contribution in [0.3, 0.4) is 0 Å². The minimum absolute atomic E-state index is 0.418. The van der Waals surface area contributed by atoms with Crippen LogP contribution in [0, 0.1) is 0 Å². The first-order valence-electron chi connectivity index (χ1n) is 11.6. The van der Waals surface area contributed by atoms with Crippen LogP contribution < -0.4 is 28.2 Å². The molecule has 3 aromatic rings. The molecule has 1 aliphatic carbocycles. The number of hydrogen-bond donors (Lipinski definition) is 0. The van der Waals surface area contributed by atoms with Crippen LogP contribution in [0.4, 0.5) is 0 Å². The molecule has 7 heteroatoms. The predicted molar refractivity (Wildman–Crippen MR) is 132 cm³/mol. The van der Waals surface area contributed by atoms with Gasteiger partial charge in [-0.25, -0.2) is 0 Å². The number of hydrogen-bond acceptors (Lipinski definition) is 6. The van der Waals surface area contributed by atoms with Gasteiger partial charge in [0.15, 0.2) is 0 Å². The summed E-state index contributed by atoms with van der Waals surface area (Å²) in [7, 11) is 3.94. The summed E-state index contributed by atoms with van der Waals surface area (Å²) >= 11 is 0. The monoisotopic (exact) mass is 462 g/mol. The van der Waals surface area contributed by atoms with Crippen LogP contribution in [0.15, 0.2) is 66.7 Å². The number of ether oxygens (including phenoxy) is 3. The summed E-state index contributed by atoms with van der Waals surface area (Å²) in [4.78, 5) is 0. The van der Waals surface area contributed by atoms with E-state index >= 15 is 0 Å². The van der Waals surface area contributed by atoms with Crippen LogP contribution in [-0.4, -0.2) is 28.7 Å². The minimum atomic E-state index is -1.00. The lowest BCUT2D eigenvalue weighted by Crippen LogP contribution is -2.37. The second-order valence-corrected chi connectivity index (χ2v) is 8.23. The van der Waals surface area contributed by atoms with E-state index in [-0.39, 0.29) is 0 Å². The molecule has 3 aromatic carbocycles. The molecule has 0 bridgehead atoms. The first-order valence-corrected chi connectivity index (χ1v) is 11.6. The van der Waals surface area contributed by atoms with Crippen molar-refractivity contribution in [1.29, 1.82) is 0 Å². The van der Waals surface area contributed by atoms with Crippen molar-refractivity contribution in [3.8, 4) is 34.5 Å². The molecule has 0 aromatic heterocycles. The standard InChI is InChI=1S/C27H31BO6/c1-29-21-9-13-23(14-10-21)32-28(33-24-15-11-22(30-2)12-16-24)34-27-18-17-25(31-3)19-26(27)20-7-5-4-6-8-20/h9-20H,4-8H2,1-3H3. The third-order valence-electron chi connectivity index (χ3n) is 6.07. The van der Waals surface area contributed by atoms with Crippen LogP contribution in [0.1, 0.15) is 43.6 Å². The molecule has 1 saturated carbocycles. The van der Waals surface area contributed by atoms with E-state index in [4.69, 9.17) is 28.2 Å². The Morgan fingerprint density at radius 2 is 1.03 bits per heavy atom. The fraction of sp³-hybridized carbons (Fsp3) is 0.333. The largest absolute Gasteiger partial charge is 0.864 e. The van der Waals surface area contributed by atoms with Crippen molar-refractivity contribution in [3.63, 3.8) is 0 Å². The maximum absolute atomic E-state index is 6.36. The molecular weight excluding hydrogens is 431 g/mol. The summed E-state index contributed by atoms with van der Waals surface area (Å²) in [5.74, 6) is 4.67. The Morgan fingerprint density at radius 1 is 0.559 bits per heavy atom. The molecule has 0 unspecified atom stereocenters. The zero-order valence-electron chi connectivity index (χ0n) is 20.0. The van der Waals surface area contributed by atoms with Crippen molar-refractivity contribution in [1.82, 2.24) is 0 Å². The summed E-state index contributed by atoms with van der Waals surface area (Å²) in [5.41, 5.74) is 1.13. The Hall–Kier alpha value is -3.48. The Morgan fingerprint density at radius 3 is 1.53 bits per heavy atom. The maximum Gasteiger partial charge on any atom is 0.864 e. The summed E-state index contributed by atoms with van der Waals surface area (Å²) in [6.45, 7) is 0. The number of benzene rings is 3. The van der Waals surface area contributed by atoms with E-state index in [0.29, 0.717) is 17.4 Å². The highest BCUT2D eigenvalue weighted by Crippen LogP contribution is 2.39. The Balaban J connectivity index is 1.60. The first-order chi connectivity index (χ1) is 16.7. The molecule has 178 valence electrons. The third kappa shape index (κ3) is 6.10. The van der Waals surface area contributed by atoms with Gasteiger partial charge >= 0.3 is 7.32 Å². The minimum Gasteiger partial charge on any atom is -0.497 e. The summed E-state index contributed by atoms with van der Waals surface area (Å²) in [6, 6.07) is 20.5. The van der Waals surface area contributed by atoms with Gasteiger partial charge in [-0.2, -0.15) is 0 Å². The Kier molecular flexibility index (Phi) is 8.07. The predicted octanol–water partition coefficient (Wildman–Crippen LogP) is 6.28. The van der Waals surface area contributed by atoms with Crippen molar-refractivity contribution >= 4 is 7.32 Å². The molecular formula is C27H31BO6. The molecule has 0 aliphatic heterocycles. The van der Waals surface area contributed by atoms with Gasteiger partial charge in [-0.05, 0) is 91.1 Å². The third-order valence-corrected chi connectivity index (χ3v) is 6.07. The molecule has 0 radical (unpaired) electrons. The topological polar surface area (TPSA) is 55.4 Å². The van der Waals surface area contributed by atoms with Crippen LogP contribution in [0.25, 0.3) is 0 Å². The molecule has 4 rings (SSSR count). The second-order valence-electron chi connectivity index (χ2n) is 8.23. The second kappa shape index (κ2) is 11.6. The fourth-order valence-electron chi connectivity index (χ4n) is 4.20. The highest BCUT2D eigenvalue weighted by molar-refractivity contribution is 6.39. The molecule has 34 heavy (non-hydrogen) atoms. The smallest absolute Gasteiger partial charge is 0.497 e. The SMILES string of the molecule is COc1ccc(OB(Oc2ccc(OC)cc2)Oc2ccc(OC)cc2C2CCCCC2)cc1. The fourth-order valence-corrected chi connectivity index (χ4v) is 4.20. The zero-order valence-corrected chi connectivity index (χ0v) is 20.0. The molecule has 1 fully saturated rings. The van der Waals surface area contributed by atoms with E-state index in [1.807, 2.05) is 60.7 Å². The van der Waals surface area contributed by atoms with E-state index in [1.54, 1.807) is 21.3 Å².